The van der Waals surface area contributed by atoms with Gasteiger partial charge in [-0.05, 0) is 41.0 Å². The number of hydrogen-bond acceptors (Lipinski definition) is 5. The quantitative estimate of drug-likeness (QED) is 0.401. The van der Waals surface area contributed by atoms with Gasteiger partial charge in [-0.15, -0.1) is 0 Å². The van der Waals surface area contributed by atoms with Crippen LogP contribution in [0.4, 0.5) is 4.39 Å². The van der Waals surface area contributed by atoms with Crippen molar-refractivity contribution >= 4 is 17.8 Å². The van der Waals surface area contributed by atoms with E-state index >= 15 is 0 Å². The zero-order valence-electron chi connectivity index (χ0n) is 20.2. The Morgan fingerprint density at radius 3 is 2.11 bits per heavy atom. The van der Waals surface area contributed by atoms with Crippen LogP contribution in [0.5, 0.6) is 5.75 Å². The molecule has 0 aliphatic carbocycles. The van der Waals surface area contributed by atoms with E-state index in [0.29, 0.717) is 17.9 Å². The first kappa shape index (κ1) is 26.4. The maximum atomic E-state index is 13.6. The number of rotatable bonds is 11. The summed E-state index contributed by atoms with van der Waals surface area (Å²) >= 11 is 0. The molecule has 0 saturated heterocycles. The fraction of sp³-hybridized carbons (Fsp3) is 0.250. The van der Waals surface area contributed by atoms with Crippen LogP contribution in [0.1, 0.15) is 23.6 Å². The third-order valence-electron chi connectivity index (χ3n) is 5.44. The van der Waals surface area contributed by atoms with Crippen LogP contribution in [-0.2, 0) is 38.6 Å². The number of amides is 2. The molecule has 2 N–H and O–H groups in total. The van der Waals surface area contributed by atoms with Crippen molar-refractivity contribution in [2.45, 2.75) is 38.5 Å². The van der Waals surface area contributed by atoms with E-state index in [1.807, 2.05) is 30.3 Å². The number of halogens is 1. The Labute approximate surface area is 209 Å². The number of ether oxygens (including phenoxy) is 2. The average Bonchev–Trinajstić information content (AvgIpc) is 2.87. The first-order valence-corrected chi connectivity index (χ1v) is 11.5. The molecule has 8 heteroatoms. The van der Waals surface area contributed by atoms with E-state index in [4.69, 9.17) is 9.47 Å². The molecule has 0 fully saturated rings. The molecule has 0 unspecified atom stereocenters. The minimum Gasteiger partial charge on any atom is -0.489 e. The van der Waals surface area contributed by atoms with Crippen LogP contribution >= 0.6 is 0 Å². The number of esters is 1. The van der Waals surface area contributed by atoms with Crippen LogP contribution in [0.2, 0.25) is 0 Å². The Morgan fingerprint density at radius 2 is 1.47 bits per heavy atom. The molecule has 3 aromatic rings. The minimum absolute atomic E-state index is 0.0600. The molecule has 0 radical (unpaired) electrons. The van der Waals surface area contributed by atoms with Gasteiger partial charge in [0.1, 0.15) is 30.3 Å². The van der Waals surface area contributed by atoms with E-state index in [-0.39, 0.29) is 12.8 Å². The van der Waals surface area contributed by atoms with Crippen molar-refractivity contribution < 1.29 is 28.2 Å². The molecule has 0 aromatic heterocycles. The molecule has 3 rings (SSSR count). The first-order valence-electron chi connectivity index (χ1n) is 11.5. The molecular weight excluding hydrogens is 463 g/mol. The minimum atomic E-state index is -0.995. The highest BCUT2D eigenvalue weighted by Crippen LogP contribution is 2.16. The number of benzene rings is 3. The Kier molecular flexibility index (Phi) is 9.56. The van der Waals surface area contributed by atoms with Crippen molar-refractivity contribution in [3.8, 4) is 5.75 Å². The predicted octanol–water partition coefficient (Wildman–Crippen LogP) is 3.35. The summed E-state index contributed by atoms with van der Waals surface area (Å²) in [5.41, 5.74) is 2.35. The molecule has 0 spiro atoms. The summed E-state index contributed by atoms with van der Waals surface area (Å²) in [4.78, 5) is 37.1. The standard InChI is InChI=1S/C28H29FN2O5/c1-19(32)30-25(17-22-9-6-10-23(29)15-22)27(33)31-26(28(34)35-2)16-20-11-13-24(14-12-20)36-18-21-7-4-3-5-8-21/h3-15,25-26H,16-18H2,1-2H3,(H,30,32)(H,31,33)/t25-,26+/m1/s1. The Morgan fingerprint density at radius 1 is 0.806 bits per heavy atom. The first-order chi connectivity index (χ1) is 17.3. The van der Waals surface area contributed by atoms with E-state index in [1.54, 1.807) is 30.3 Å². The lowest BCUT2D eigenvalue weighted by Gasteiger charge is -2.22. The molecular formula is C28H29FN2O5. The van der Waals surface area contributed by atoms with Crippen molar-refractivity contribution in [1.29, 1.82) is 0 Å². The number of nitrogens with one attached hydrogen (secondary N) is 2. The van der Waals surface area contributed by atoms with Crippen LogP contribution in [-0.4, -0.2) is 37.0 Å². The molecule has 0 heterocycles. The van der Waals surface area contributed by atoms with Gasteiger partial charge in [0.25, 0.3) is 0 Å². The summed E-state index contributed by atoms with van der Waals surface area (Å²) < 4.78 is 24.3. The van der Waals surface area contributed by atoms with E-state index in [1.165, 1.54) is 32.2 Å². The topological polar surface area (TPSA) is 93.7 Å². The normalized spacial score (nSPS) is 12.2. The Hall–Kier alpha value is -4.20. The summed E-state index contributed by atoms with van der Waals surface area (Å²) in [6, 6.07) is 20.8. The third kappa shape index (κ3) is 8.23. The van der Waals surface area contributed by atoms with Crippen LogP contribution in [0, 0.1) is 5.82 Å². The number of carbonyl (C=O) groups is 3. The molecule has 0 aliphatic rings. The van der Waals surface area contributed by atoms with Crippen LogP contribution in [0.25, 0.3) is 0 Å². The van der Waals surface area contributed by atoms with Crippen molar-refractivity contribution in [2.24, 2.45) is 0 Å². The molecule has 0 aliphatic heterocycles. The van der Waals surface area contributed by atoms with Gasteiger partial charge in [-0.1, -0.05) is 54.6 Å². The second kappa shape index (κ2) is 13.0. The fourth-order valence-corrected chi connectivity index (χ4v) is 3.66. The monoisotopic (exact) mass is 492 g/mol. The SMILES string of the molecule is COC(=O)[C@H](Cc1ccc(OCc2ccccc2)cc1)NC(=O)[C@@H](Cc1cccc(F)c1)NC(C)=O. The maximum absolute atomic E-state index is 13.6. The van der Waals surface area contributed by atoms with Crippen molar-refractivity contribution in [3.63, 3.8) is 0 Å². The van der Waals surface area contributed by atoms with Gasteiger partial charge >= 0.3 is 5.97 Å². The van der Waals surface area contributed by atoms with Crippen molar-refractivity contribution in [1.82, 2.24) is 10.6 Å². The van der Waals surface area contributed by atoms with Gasteiger partial charge in [0.05, 0.1) is 7.11 Å². The lowest BCUT2D eigenvalue weighted by Crippen LogP contribution is -2.53. The Balaban J connectivity index is 1.66. The molecule has 188 valence electrons. The average molecular weight is 493 g/mol. The third-order valence-corrected chi connectivity index (χ3v) is 5.44. The summed E-state index contributed by atoms with van der Waals surface area (Å²) in [5.74, 6) is -1.40. The highest BCUT2D eigenvalue weighted by Gasteiger charge is 2.27. The van der Waals surface area contributed by atoms with Crippen LogP contribution in [0.15, 0.2) is 78.9 Å². The van der Waals surface area contributed by atoms with E-state index in [2.05, 4.69) is 10.6 Å². The molecule has 0 saturated carbocycles. The number of methoxy groups -OCH3 is 1. The van der Waals surface area contributed by atoms with Crippen LogP contribution < -0.4 is 15.4 Å². The zero-order valence-corrected chi connectivity index (χ0v) is 20.2. The smallest absolute Gasteiger partial charge is 0.328 e. The molecule has 2 amide bonds. The number of carbonyl (C=O) groups excluding carboxylic acids is 3. The molecule has 7 nitrogen and oxygen atoms in total. The maximum Gasteiger partial charge on any atom is 0.328 e. The molecule has 36 heavy (non-hydrogen) atoms. The Bertz CT molecular complexity index is 1170. The zero-order chi connectivity index (χ0) is 25.9. The summed E-state index contributed by atoms with van der Waals surface area (Å²) in [5, 5.41) is 5.23. The lowest BCUT2D eigenvalue weighted by molar-refractivity contribution is -0.145. The molecule has 3 aromatic carbocycles. The summed E-state index contributed by atoms with van der Waals surface area (Å²) in [6.07, 6.45) is 0.231. The van der Waals surface area contributed by atoms with Gasteiger partial charge in [0.2, 0.25) is 11.8 Å². The lowest BCUT2D eigenvalue weighted by atomic mass is 10.0. The van der Waals surface area contributed by atoms with E-state index in [0.717, 1.165) is 11.1 Å². The van der Waals surface area contributed by atoms with Crippen molar-refractivity contribution in [3.05, 3.63) is 101 Å². The van der Waals surface area contributed by atoms with Gasteiger partial charge < -0.3 is 20.1 Å². The molecule has 0 bridgehead atoms. The predicted molar refractivity (Wildman–Crippen MR) is 133 cm³/mol. The fourth-order valence-electron chi connectivity index (χ4n) is 3.66. The van der Waals surface area contributed by atoms with Gasteiger partial charge in [0, 0.05) is 19.8 Å². The highest BCUT2D eigenvalue weighted by molar-refractivity contribution is 5.90. The highest BCUT2D eigenvalue weighted by atomic mass is 19.1. The van der Waals surface area contributed by atoms with E-state index in [9.17, 15) is 18.8 Å². The van der Waals surface area contributed by atoms with Gasteiger partial charge in [-0.25, -0.2) is 9.18 Å². The molecule has 2 atom stereocenters. The van der Waals surface area contributed by atoms with Gasteiger partial charge in [-0.2, -0.15) is 0 Å². The summed E-state index contributed by atoms with van der Waals surface area (Å²) in [7, 11) is 1.24. The second-order valence-corrected chi connectivity index (χ2v) is 8.29. The van der Waals surface area contributed by atoms with E-state index < -0.39 is 35.7 Å². The largest absolute Gasteiger partial charge is 0.489 e. The van der Waals surface area contributed by atoms with Gasteiger partial charge in [-0.3, -0.25) is 9.59 Å². The summed E-state index contributed by atoms with van der Waals surface area (Å²) in [6.45, 7) is 1.71. The number of hydrogen-bond donors (Lipinski definition) is 2. The van der Waals surface area contributed by atoms with Crippen molar-refractivity contribution in [2.75, 3.05) is 7.11 Å². The van der Waals surface area contributed by atoms with Crippen LogP contribution in [0.3, 0.4) is 0 Å². The van der Waals surface area contributed by atoms with Gasteiger partial charge in [0.15, 0.2) is 0 Å². The second-order valence-electron chi connectivity index (χ2n) is 8.29.